The van der Waals surface area contributed by atoms with Gasteiger partial charge in [0.2, 0.25) is 0 Å². The van der Waals surface area contributed by atoms with Crippen LogP contribution in [0, 0.1) is 0 Å². The summed E-state index contributed by atoms with van der Waals surface area (Å²) in [6.07, 6.45) is 4.02. The molecule has 0 amide bonds. The van der Waals surface area contributed by atoms with Gasteiger partial charge >= 0.3 is 0 Å². The van der Waals surface area contributed by atoms with Gasteiger partial charge in [-0.2, -0.15) is 25.3 Å². The van der Waals surface area contributed by atoms with E-state index in [1.807, 2.05) is 0 Å². The van der Waals surface area contributed by atoms with Gasteiger partial charge in [-0.3, -0.25) is 0 Å². The van der Waals surface area contributed by atoms with Gasteiger partial charge in [-0.1, -0.05) is 13.3 Å². The molecule has 74 valence electrons. The first-order valence-electron chi connectivity index (χ1n) is 4.50. The molecule has 0 heterocycles. The molecule has 0 fully saturated rings. The quantitative estimate of drug-likeness (QED) is 0.504. The van der Waals surface area contributed by atoms with Gasteiger partial charge in [-0.15, -0.1) is 0 Å². The second-order valence-corrected chi connectivity index (χ2v) is 6.08. The van der Waals surface area contributed by atoms with Crippen LogP contribution in [0.5, 0.6) is 0 Å². The minimum absolute atomic E-state index is 0.421. The van der Waals surface area contributed by atoms with Crippen LogP contribution in [-0.4, -0.2) is 23.3 Å². The summed E-state index contributed by atoms with van der Waals surface area (Å²) < 4.78 is 11.6. The molecule has 0 aromatic rings. The van der Waals surface area contributed by atoms with Crippen molar-refractivity contribution in [1.29, 1.82) is 0 Å². The number of hydrogen-bond donors (Lipinski definition) is 2. The second-order valence-electron chi connectivity index (χ2n) is 2.94. The topological polar surface area (TPSA) is 17.1 Å². The largest absolute Gasteiger partial charge is 0.327 e. The van der Waals surface area contributed by atoms with E-state index in [1.54, 1.807) is 0 Å². The monoisotopic (exact) mass is 226 g/mol. The summed E-state index contributed by atoms with van der Waals surface area (Å²) in [4.78, 5) is 0. The molecule has 0 aromatic carbocycles. The summed E-state index contributed by atoms with van der Waals surface area (Å²) in [6.45, 7) is 2.14. The Kier molecular flexibility index (Phi) is 9.19. The molecule has 0 aliphatic rings. The molecule has 0 radical (unpaired) electrons. The van der Waals surface area contributed by atoms with E-state index >= 15 is 0 Å². The summed E-state index contributed by atoms with van der Waals surface area (Å²) >= 11 is 8.27. The van der Waals surface area contributed by atoms with Crippen LogP contribution in [0.2, 0.25) is 0 Å². The molecule has 12 heavy (non-hydrogen) atoms. The number of hydrogen-bond acceptors (Lipinski definition) is 3. The average Bonchev–Trinajstić information content (AvgIpc) is 2.04. The molecule has 1 nitrogen and oxygen atoms in total. The molecule has 0 bridgehead atoms. The first-order valence-corrected chi connectivity index (χ1v) is 7.46. The standard InChI is InChI=1S/C8H19OPS2/c1-2-3-8(4-6-11)10(9)5-7-12/h8,10-12H,2-7H2,1H3. The van der Waals surface area contributed by atoms with E-state index in [-0.39, 0.29) is 0 Å². The Morgan fingerprint density at radius 1 is 1.25 bits per heavy atom. The highest BCUT2D eigenvalue weighted by atomic mass is 32.1. The zero-order valence-corrected chi connectivity index (χ0v) is 10.4. The van der Waals surface area contributed by atoms with Gasteiger partial charge in [0.05, 0.1) is 7.80 Å². The Morgan fingerprint density at radius 3 is 2.33 bits per heavy atom. The highest BCUT2D eigenvalue weighted by Crippen LogP contribution is 2.33. The van der Waals surface area contributed by atoms with Crippen molar-refractivity contribution in [1.82, 2.24) is 0 Å². The van der Waals surface area contributed by atoms with Gasteiger partial charge in [-0.05, 0) is 24.3 Å². The van der Waals surface area contributed by atoms with Crippen molar-refractivity contribution in [3.8, 4) is 0 Å². The van der Waals surface area contributed by atoms with Crippen LogP contribution in [0.25, 0.3) is 0 Å². The number of rotatable bonds is 7. The lowest BCUT2D eigenvalue weighted by Crippen LogP contribution is -2.05. The molecule has 0 aromatic heterocycles. The van der Waals surface area contributed by atoms with Crippen LogP contribution in [0.15, 0.2) is 0 Å². The third kappa shape index (κ3) is 5.55. The van der Waals surface area contributed by atoms with E-state index < -0.39 is 7.80 Å². The van der Waals surface area contributed by atoms with Gasteiger partial charge in [0.1, 0.15) is 0 Å². The minimum atomic E-state index is -1.38. The predicted octanol–water partition coefficient (Wildman–Crippen LogP) is 2.96. The fraction of sp³-hybridized carbons (Fsp3) is 1.00. The van der Waals surface area contributed by atoms with E-state index in [2.05, 4.69) is 32.2 Å². The van der Waals surface area contributed by atoms with Crippen LogP contribution in [0.3, 0.4) is 0 Å². The normalized spacial score (nSPS) is 15.9. The van der Waals surface area contributed by atoms with E-state index in [1.165, 1.54) is 0 Å². The summed E-state index contributed by atoms with van der Waals surface area (Å²) in [5, 5.41) is 0. The third-order valence-electron chi connectivity index (χ3n) is 1.93. The van der Waals surface area contributed by atoms with Crippen LogP contribution in [0.1, 0.15) is 26.2 Å². The zero-order valence-electron chi connectivity index (χ0n) is 7.62. The third-order valence-corrected chi connectivity index (χ3v) is 5.06. The number of thiol groups is 2. The molecule has 0 rings (SSSR count). The van der Waals surface area contributed by atoms with Gasteiger partial charge < -0.3 is 4.57 Å². The van der Waals surface area contributed by atoms with E-state index in [9.17, 15) is 4.57 Å². The second kappa shape index (κ2) is 8.52. The Balaban J connectivity index is 3.81. The van der Waals surface area contributed by atoms with Crippen molar-refractivity contribution in [3.05, 3.63) is 0 Å². The van der Waals surface area contributed by atoms with Gasteiger partial charge in [-0.25, -0.2) is 0 Å². The van der Waals surface area contributed by atoms with Crippen LogP contribution in [0.4, 0.5) is 0 Å². The van der Waals surface area contributed by atoms with Gasteiger partial charge in [0.15, 0.2) is 0 Å². The highest BCUT2D eigenvalue weighted by Gasteiger charge is 2.13. The van der Waals surface area contributed by atoms with E-state index in [0.29, 0.717) is 5.66 Å². The maximum absolute atomic E-state index is 11.6. The van der Waals surface area contributed by atoms with Crippen LogP contribution < -0.4 is 0 Å². The molecule has 0 aliphatic carbocycles. The summed E-state index contributed by atoms with van der Waals surface area (Å²) in [5.41, 5.74) is 0.421. The smallest absolute Gasteiger partial charge is 0.0799 e. The van der Waals surface area contributed by atoms with Gasteiger partial charge in [0.25, 0.3) is 0 Å². The SMILES string of the molecule is CCCC(CCS)[PH](=O)CCS. The van der Waals surface area contributed by atoms with Crippen molar-refractivity contribution in [2.24, 2.45) is 0 Å². The highest BCUT2D eigenvalue weighted by molar-refractivity contribution is 7.80. The summed E-state index contributed by atoms with van der Waals surface area (Å²) in [5.74, 6) is 1.61. The van der Waals surface area contributed by atoms with Crippen molar-refractivity contribution in [2.75, 3.05) is 17.7 Å². The lowest BCUT2D eigenvalue weighted by molar-refractivity contribution is 0.569. The zero-order chi connectivity index (χ0) is 9.40. The van der Waals surface area contributed by atoms with Gasteiger partial charge in [0, 0.05) is 11.8 Å². The maximum atomic E-state index is 11.6. The van der Waals surface area contributed by atoms with Crippen molar-refractivity contribution in [3.63, 3.8) is 0 Å². The molecule has 0 N–H and O–H groups in total. The fourth-order valence-electron chi connectivity index (χ4n) is 1.28. The van der Waals surface area contributed by atoms with Crippen molar-refractivity contribution in [2.45, 2.75) is 31.8 Å². The molecule has 0 spiro atoms. The fourth-order valence-corrected chi connectivity index (χ4v) is 4.21. The Hall–Kier alpha value is 0.930. The summed E-state index contributed by atoms with van der Waals surface area (Å²) in [6, 6.07) is 0. The molecule has 4 heteroatoms. The lowest BCUT2D eigenvalue weighted by atomic mass is 10.2. The molecule has 0 saturated carbocycles. The molecular weight excluding hydrogens is 207 g/mol. The molecule has 2 atom stereocenters. The van der Waals surface area contributed by atoms with E-state index in [0.717, 1.165) is 36.9 Å². The first-order chi connectivity index (χ1) is 5.76. The Labute approximate surface area is 87.3 Å². The van der Waals surface area contributed by atoms with Crippen LogP contribution in [-0.2, 0) is 4.57 Å². The lowest BCUT2D eigenvalue weighted by Gasteiger charge is -2.13. The predicted molar refractivity (Wildman–Crippen MR) is 64.9 cm³/mol. The average molecular weight is 226 g/mol. The maximum Gasteiger partial charge on any atom is 0.0799 e. The van der Waals surface area contributed by atoms with E-state index in [4.69, 9.17) is 0 Å². The molecule has 0 aliphatic heterocycles. The molecule has 0 saturated heterocycles. The van der Waals surface area contributed by atoms with Crippen molar-refractivity contribution < 1.29 is 4.57 Å². The molecule has 2 unspecified atom stereocenters. The van der Waals surface area contributed by atoms with Crippen LogP contribution >= 0.6 is 33.1 Å². The minimum Gasteiger partial charge on any atom is -0.327 e. The first kappa shape index (κ1) is 12.9. The molecular formula is C8H19OPS2. The van der Waals surface area contributed by atoms with Crippen molar-refractivity contribution >= 4 is 33.1 Å². The Morgan fingerprint density at radius 2 is 1.92 bits per heavy atom. The summed E-state index contributed by atoms with van der Waals surface area (Å²) in [7, 11) is -1.38. The Bertz CT molecular complexity index is 124.